The lowest BCUT2D eigenvalue weighted by atomic mass is 10.1. The maximum absolute atomic E-state index is 4.62. The standard InChI is InChI=1S/C17H27N5S/c1-6-14-13(15(7-2)22(5)21-14)10-19-17(18-4)20-11-16-12(3)8-9-23-16/h8-9H,6-7,10-11H2,1-5H3,(H2,18,19,20). The van der Waals surface area contributed by atoms with E-state index >= 15 is 0 Å². The Labute approximate surface area is 142 Å². The molecule has 0 aliphatic heterocycles. The predicted molar refractivity (Wildman–Crippen MR) is 98.1 cm³/mol. The average Bonchev–Trinajstić information content (AvgIpc) is 3.10. The Morgan fingerprint density at radius 3 is 2.57 bits per heavy atom. The molecule has 0 amide bonds. The Balaban J connectivity index is 2.00. The minimum Gasteiger partial charge on any atom is -0.352 e. The highest BCUT2D eigenvalue weighted by Crippen LogP contribution is 2.16. The number of aliphatic imine (C=N–C) groups is 1. The molecule has 2 aromatic heterocycles. The van der Waals surface area contributed by atoms with Crippen LogP contribution in [0.3, 0.4) is 0 Å². The zero-order chi connectivity index (χ0) is 16.8. The van der Waals surface area contributed by atoms with E-state index < -0.39 is 0 Å². The first kappa shape index (κ1) is 17.5. The van der Waals surface area contributed by atoms with E-state index in [0.29, 0.717) is 0 Å². The summed E-state index contributed by atoms with van der Waals surface area (Å²) < 4.78 is 2.00. The Kier molecular flexibility index (Phi) is 6.21. The van der Waals surface area contributed by atoms with Crippen LogP contribution in [-0.2, 0) is 33.0 Å². The van der Waals surface area contributed by atoms with Gasteiger partial charge in [-0.1, -0.05) is 13.8 Å². The summed E-state index contributed by atoms with van der Waals surface area (Å²) in [6.07, 6.45) is 1.94. The molecule has 0 saturated carbocycles. The summed E-state index contributed by atoms with van der Waals surface area (Å²) in [6.45, 7) is 8.02. The van der Waals surface area contributed by atoms with Crippen molar-refractivity contribution in [1.29, 1.82) is 0 Å². The lowest BCUT2D eigenvalue weighted by molar-refractivity contribution is 0.702. The molecule has 0 bridgehead atoms. The van der Waals surface area contributed by atoms with Crippen LogP contribution in [0.25, 0.3) is 0 Å². The van der Waals surface area contributed by atoms with Gasteiger partial charge in [0.05, 0.1) is 12.2 Å². The second-order valence-electron chi connectivity index (χ2n) is 5.51. The van der Waals surface area contributed by atoms with Gasteiger partial charge in [0.15, 0.2) is 5.96 Å². The van der Waals surface area contributed by atoms with Gasteiger partial charge >= 0.3 is 0 Å². The highest BCUT2D eigenvalue weighted by atomic mass is 32.1. The van der Waals surface area contributed by atoms with E-state index in [1.807, 2.05) is 11.7 Å². The second-order valence-corrected chi connectivity index (χ2v) is 6.51. The molecule has 5 nitrogen and oxygen atoms in total. The molecule has 6 heteroatoms. The third-order valence-corrected chi connectivity index (χ3v) is 5.09. The average molecular weight is 334 g/mol. The maximum Gasteiger partial charge on any atom is 0.191 e. The highest BCUT2D eigenvalue weighted by Gasteiger charge is 2.13. The summed E-state index contributed by atoms with van der Waals surface area (Å²) >= 11 is 1.77. The van der Waals surface area contributed by atoms with Gasteiger partial charge in [-0.15, -0.1) is 11.3 Å². The smallest absolute Gasteiger partial charge is 0.191 e. The molecular weight excluding hydrogens is 306 g/mol. The van der Waals surface area contributed by atoms with E-state index in [0.717, 1.165) is 31.9 Å². The van der Waals surface area contributed by atoms with E-state index in [1.165, 1.54) is 27.4 Å². The first-order valence-electron chi connectivity index (χ1n) is 8.11. The summed E-state index contributed by atoms with van der Waals surface area (Å²) in [4.78, 5) is 5.67. The molecule has 2 rings (SSSR count). The number of thiophene rings is 1. The topological polar surface area (TPSA) is 54.2 Å². The zero-order valence-corrected chi connectivity index (χ0v) is 15.5. The number of aryl methyl sites for hydroxylation is 3. The van der Waals surface area contributed by atoms with Crippen LogP contribution in [0.1, 0.15) is 41.2 Å². The van der Waals surface area contributed by atoms with Crippen molar-refractivity contribution in [2.24, 2.45) is 12.0 Å². The quantitative estimate of drug-likeness (QED) is 0.631. The van der Waals surface area contributed by atoms with Gasteiger partial charge in [0, 0.05) is 36.8 Å². The second kappa shape index (κ2) is 8.15. The van der Waals surface area contributed by atoms with Crippen LogP contribution < -0.4 is 10.6 Å². The van der Waals surface area contributed by atoms with Crippen molar-refractivity contribution in [2.45, 2.75) is 46.7 Å². The molecule has 0 spiro atoms. The molecule has 0 saturated heterocycles. The minimum atomic E-state index is 0.753. The molecule has 2 N–H and O–H groups in total. The lowest BCUT2D eigenvalue weighted by Gasteiger charge is -2.13. The van der Waals surface area contributed by atoms with Gasteiger partial charge < -0.3 is 10.6 Å². The van der Waals surface area contributed by atoms with Crippen LogP contribution >= 0.6 is 11.3 Å². The molecular formula is C17H27N5S. The summed E-state index contributed by atoms with van der Waals surface area (Å²) in [5, 5.41) is 13.6. The van der Waals surface area contributed by atoms with Crippen molar-refractivity contribution >= 4 is 17.3 Å². The third-order valence-electron chi connectivity index (χ3n) is 4.07. The number of hydrogen-bond acceptors (Lipinski definition) is 3. The number of nitrogens with one attached hydrogen (secondary N) is 2. The van der Waals surface area contributed by atoms with Crippen LogP contribution in [0, 0.1) is 6.92 Å². The van der Waals surface area contributed by atoms with E-state index in [-0.39, 0.29) is 0 Å². The van der Waals surface area contributed by atoms with E-state index in [9.17, 15) is 0 Å². The first-order chi connectivity index (χ1) is 11.1. The molecule has 0 aliphatic rings. The van der Waals surface area contributed by atoms with Crippen molar-refractivity contribution in [2.75, 3.05) is 7.05 Å². The van der Waals surface area contributed by atoms with E-state index in [4.69, 9.17) is 0 Å². The molecule has 2 heterocycles. The van der Waals surface area contributed by atoms with Gasteiger partial charge in [0.1, 0.15) is 0 Å². The molecule has 2 aromatic rings. The van der Waals surface area contributed by atoms with Crippen molar-refractivity contribution < 1.29 is 0 Å². The van der Waals surface area contributed by atoms with Gasteiger partial charge in [-0.25, -0.2) is 0 Å². The molecule has 0 radical (unpaired) electrons. The molecule has 0 aromatic carbocycles. The zero-order valence-electron chi connectivity index (χ0n) is 14.7. The van der Waals surface area contributed by atoms with Gasteiger partial charge in [0.2, 0.25) is 0 Å². The molecule has 0 aliphatic carbocycles. The number of hydrogen-bond donors (Lipinski definition) is 2. The fourth-order valence-corrected chi connectivity index (χ4v) is 3.58. The summed E-state index contributed by atoms with van der Waals surface area (Å²) in [5.74, 6) is 0.825. The first-order valence-corrected chi connectivity index (χ1v) is 8.99. The predicted octanol–water partition coefficient (Wildman–Crippen LogP) is 2.78. The van der Waals surface area contributed by atoms with Gasteiger partial charge in [-0.05, 0) is 36.8 Å². The van der Waals surface area contributed by atoms with Crippen molar-refractivity contribution in [3.05, 3.63) is 38.8 Å². The minimum absolute atomic E-state index is 0.753. The lowest BCUT2D eigenvalue weighted by Crippen LogP contribution is -2.36. The Morgan fingerprint density at radius 1 is 1.26 bits per heavy atom. The van der Waals surface area contributed by atoms with Crippen LogP contribution in [0.15, 0.2) is 16.4 Å². The molecule has 23 heavy (non-hydrogen) atoms. The van der Waals surface area contributed by atoms with E-state index in [1.54, 1.807) is 18.4 Å². The Morgan fingerprint density at radius 2 is 2.00 bits per heavy atom. The normalized spacial score (nSPS) is 11.8. The summed E-state index contributed by atoms with van der Waals surface area (Å²) in [5.41, 5.74) is 5.08. The molecule has 0 fully saturated rings. The number of aromatic nitrogens is 2. The third kappa shape index (κ3) is 4.13. The largest absolute Gasteiger partial charge is 0.352 e. The van der Waals surface area contributed by atoms with Crippen LogP contribution in [0.5, 0.6) is 0 Å². The van der Waals surface area contributed by atoms with Crippen molar-refractivity contribution in [1.82, 2.24) is 20.4 Å². The number of rotatable bonds is 6. The van der Waals surface area contributed by atoms with E-state index in [2.05, 4.69) is 52.9 Å². The Bertz CT molecular complexity index is 669. The molecule has 126 valence electrons. The molecule has 0 unspecified atom stereocenters. The fourth-order valence-electron chi connectivity index (χ4n) is 2.74. The SMILES string of the molecule is CCc1nn(C)c(CC)c1CNC(=NC)NCc1sccc1C. The van der Waals surface area contributed by atoms with Gasteiger partial charge in [-0.3, -0.25) is 9.67 Å². The Hall–Kier alpha value is -1.82. The summed E-state index contributed by atoms with van der Waals surface area (Å²) in [6, 6.07) is 2.15. The number of guanidine groups is 1. The summed E-state index contributed by atoms with van der Waals surface area (Å²) in [7, 11) is 3.83. The van der Waals surface area contributed by atoms with Crippen molar-refractivity contribution in [3.63, 3.8) is 0 Å². The van der Waals surface area contributed by atoms with Gasteiger partial charge in [0.25, 0.3) is 0 Å². The van der Waals surface area contributed by atoms with Crippen LogP contribution in [0.4, 0.5) is 0 Å². The fraction of sp³-hybridized carbons (Fsp3) is 0.529. The highest BCUT2D eigenvalue weighted by molar-refractivity contribution is 7.10. The van der Waals surface area contributed by atoms with Gasteiger partial charge in [-0.2, -0.15) is 5.10 Å². The number of nitrogens with zero attached hydrogens (tertiary/aromatic N) is 3. The van der Waals surface area contributed by atoms with Crippen LogP contribution in [0.2, 0.25) is 0 Å². The van der Waals surface area contributed by atoms with Crippen LogP contribution in [-0.4, -0.2) is 22.8 Å². The maximum atomic E-state index is 4.62. The molecule has 0 atom stereocenters. The van der Waals surface area contributed by atoms with Crippen molar-refractivity contribution in [3.8, 4) is 0 Å². The monoisotopic (exact) mass is 333 g/mol.